The van der Waals surface area contributed by atoms with Gasteiger partial charge in [-0.3, -0.25) is 4.57 Å². The summed E-state index contributed by atoms with van der Waals surface area (Å²) in [5.41, 5.74) is 0. The van der Waals surface area contributed by atoms with E-state index in [0.29, 0.717) is 19.4 Å². The molecular formula is C9H21O3P. The highest BCUT2D eigenvalue weighted by Crippen LogP contribution is 2.48. The third-order valence-electron chi connectivity index (χ3n) is 1.69. The van der Waals surface area contributed by atoms with E-state index >= 15 is 0 Å². The van der Waals surface area contributed by atoms with Crippen LogP contribution in [0.1, 0.15) is 40.0 Å². The first-order chi connectivity index (χ1) is 6.18. The number of rotatable bonds is 8. The molecule has 0 spiro atoms. The molecule has 0 fully saturated rings. The van der Waals surface area contributed by atoms with Crippen LogP contribution in [0.15, 0.2) is 0 Å². The average molecular weight is 208 g/mol. The quantitative estimate of drug-likeness (QED) is 0.452. The molecule has 0 aliphatic carbocycles. The second-order valence-electron chi connectivity index (χ2n) is 2.88. The van der Waals surface area contributed by atoms with Crippen molar-refractivity contribution >= 4 is 7.60 Å². The van der Waals surface area contributed by atoms with Crippen LogP contribution in [-0.4, -0.2) is 19.4 Å². The Labute approximate surface area is 81.3 Å². The average Bonchev–Trinajstić information content (AvgIpc) is 2.05. The summed E-state index contributed by atoms with van der Waals surface area (Å²) >= 11 is 0. The van der Waals surface area contributed by atoms with E-state index in [1.54, 1.807) is 0 Å². The maximum absolute atomic E-state index is 11.8. The maximum atomic E-state index is 11.8. The predicted octanol–water partition coefficient (Wildman–Crippen LogP) is 3.44. The Kier molecular flexibility index (Phi) is 7.63. The second-order valence-corrected chi connectivity index (χ2v) is 5.06. The van der Waals surface area contributed by atoms with Gasteiger partial charge in [0, 0.05) is 0 Å². The van der Waals surface area contributed by atoms with Gasteiger partial charge in [-0.25, -0.2) is 0 Å². The molecule has 0 saturated heterocycles. The number of unbranched alkanes of at least 4 members (excludes halogenated alkanes) is 2. The van der Waals surface area contributed by atoms with Gasteiger partial charge in [0.25, 0.3) is 0 Å². The van der Waals surface area contributed by atoms with Gasteiger partial charge in [0.1, 0.15) is 0 Å². The van der Waals surface area contributed by atoms with Crippen molar-refractivity contribution in [2.75, 3.05) is 19.4 Å². The van der Waals surface area contributed by atoms with E-state index in [0.717, 1.165) is 19.3 Å². The summed E-state index contributed by atoms with van der Waals surface area (Å²) in [6.45, 7) is 6.72. The van der Waals surface area contributed by atoms with Gasteiger partial charge in [-0.05, 0) is 20.3 Å². The van der Waals surface area contributed by atoms with Crippen molar-refractivity contribution in [1.29, 1.82) is 0 Å². The largest absolute Gasteiger partial charge is 0.330 e. The molecule has 4 heteroatoms. The van der Waals surface area contributed by atoms with Crippen LogP contribution in [-0.2, 0) is 13.6 Å². The molecule has 0 atom stereocenters. The zero-order chi connectivity index (χ0) is 10.2. The van der Waals surface area contributed by atoms with Gasteiger partial charge in [-0.15, -0.1) is 0 Å². The molecule has 0 aliphatic heterocycles. The van der Waals surface area contributed by atoms with Crippen molar-refractivity contribution in [3.8, 4) is 0 Å². The van der Waals surface area contributed by atoms with Gasteiger partial charge in [-0.2, -0.15) is 0 Å². The van der Waals surface area contributed by atoms with Crippen molar-refractivity contribution in [3.63, 3.8) is 0 Å². The van der Waals surface area contributed by atoms with Crippen LogP contribution >= 0.6 is 7.60 Å². The lowest BCUT2D eigenvalue weighted by molar-refractivity contribution is 0.219. The Balaban J connectivity index is 3.85. The Bertz CT molecular complexity index is 149. The molecule has 0 aromatic carbocycles. The zero-order valence-electron chi connectivity index (χ0n) is 8.91. The van der Waals surface area contributed by atoms with E-state index in [4.69, 9.17) is 9.05 Å². The van der Waals surface area contributed by atoms with Crippen molar-refractivity contribution in [2.45, 2.75) is 40.0 Å². The molecule has 0 amide bonds. The fourth-order valence-corrected chi connectivity index (χ4v) is 2.85. The second kappa shape index (κ2) is 7.54. The maximum Gasteiger partial charge on any atom is 0.330 e. The molecular weight excluding hydrogens is 187 g/mol. The lowest BCUT2D eigenvalue weighted by Gasteiger charge is -2.16. The van der Waals surface area contributed by atoms with E-state index in [1.807, 2.05) is 13.8 Å². The third-order valence-corrected chi connectivity index (χ3v) is 3.85. The molecule has 0 aliphatic rings. The van der Waals surface area contributed by atoms with E-state index in [1.165, 1.54) is 0 Å². The Morgan fingerprint density at radius 3 is 1.92 bits per heavy atom. The number of hydrogen-bond donors (Lipinski definition) is 0. The first-order valence-electron chi connectivity index (χ1n) is 5.06. The Morgan fingerprint density at radius 2 is 1.54 bits per heavy atom. The van der Waals surface area contributed by atoms with Crippen LogP contribution < -0.4 is 0 Å². The van der Waals surface area contributed by atoms with Crippen molar-refractivity contribution < 1.29 is 13.6 Å². The first kappa shape index (κ1) is 13.2. The Morgan fingerprint density at radius 1 is 1.00 bits per heavy atom. The molecule has 0 rings (SSSR count). The molecule has 0 unspecified atom stereocenters. The fraction of sp³-hybridized carbons (Fsp3) is 1.00. The van der Waals surface area contributed by atoms with Crippen LogP contribution in [0, 0.1) is 0 Å². The van der Waals surface area contributed by atoms with Gasteiger partial charge in [0.2, 0.25) is 0 Å². The molecule has 0 N–H and O–H groups in total. The minimum atomic E-state index is -2.75. The molecule has 0 heterocycles. The summed E-state index contributed by atoms with van der Waals surface area (Å²) in [6.07, 6.45) is 3.69. The highest BCUT2D eigenvalue weighted by atomic mass is 31.2. The first-order valence-corrected chi connectivity index (χ1v) is 6.79. The van der Waals surface area contributed by atoms with Gasteiger partial charge >= 0.3 is 7.60 Å². The minimum Gasteiger partial charge on any atom is -0.309 e. The van der Waals surface area contributed by atoms with Crippen LogP contribution in [0.2, 0.25) is 0 Å². The summed E-state index contributed by atoms with van der Waals surface area (Å²) in [5.74, 6) is 0. The summed E-state index contributed by atoms with van der Waals surface area (Å²) in [6, 6.07) is 0. The molecule has 80 valence electrons. The lowest BCUT2D eigenvalue weighted by Crippen LogP contribution is -2.00. The van der Waals surface area contributed by atoms with Gasteiger partial charge in [0.05, 0.1) is 19.4 Å². The van der Waals surface area contributed by atoms with Crippen LogP contribution in [0.4, 0.5) is 0 Å². The highest BCUT2D eigenvalue weighted by Gasteiger charge is 2.21. The highest BCUT2D eigenvalue weighted by molar-refractivity contribution is 7.53. The minimum absolute atomic E-state index is 0.462. The lowest BCUT2D eigenvalue weighted by atomic mass is 10.3. The van der Waals surface area contributed by atoms with E-state index in [-0.39, 0.29) is 0 Å². The van der Waals surface area contributed by atoms with Gasteiger partial charge in [-0.1, -0.05) is 19.8 Å². The van der Waals surface area contributed by atoms with Gasteiger partial charge in [0.15, 0.2) is 0 Å². The van der Waals surface area contributed by atoms with E-state index in [2.05, 4.69) is 6.92 Å². The van der Waals surface area contributed by atoms with Crippen LogP contribution in [0.3, 0.4) is 0 Å². The normalized spacial score (nSPS) is 11.9. The molecule has 0 saturated carbocycles. The Hall–Kier alpha value is 0.150. The van der Waals surface area contributed by atoms with Crippen molar-refractivity contribution in [1.82, 2.24) is 0 Å². The summed E-state index contributed by atoms with van der Waals surface area (Å²) in [5, 5.41) is 0. The number of hydrogen-bond acceptors (Lipinski definition) is 3. The molecule has 0 radical (unpaired) electrons. The van der Waals surface area contributed by atoms with Crippen molar-refractivity contribution in [2.24, 2.45) is 0 Å². The summed E-state index contributed by atoms with van der Waals surface area (Å²) < 4.78 is 22.1. The molecule has 13 heavy (non-hydrogen) atoms. The fourth-order valence-electron chi connectivity index (χ4n) is 1.12. The standard InChI is InChI=1S/C9H21O3P/c1-4-7-8-9-13(10,11-5-2)12-6-3/h4-9H2,1-3H3. The SMILES string of the molecule is CCCCCP(=O)(OCC)OCC. The smallest absolute Gasteiger partial charge is 0.309 e. The third kappa shape index (κ3) is 6.25. The zero-order valence-corrected chi connectivity index (χ0v) is 9.81. The van der Waals surface area contributed by atoms with E-state index in [9.17, 15) is 4.57 Å². The summed E-state index contributed by atoms with van der Waals surface area (Å²) in [7, 11) is -2.75. The van der Waals surface area contributed by atoms with Gasteiger partial charge < -0.3 is 9.05 Å². The van der Waals surface area contributed by atoms with E-state index < -0.39 is 7.60 Å². The predicted molar refractivity (Wildman–Crippen MR) is 55.3 cm³/mol. The molecule has 3 nitrogen and oxygen atoms in total. The topological polar surface area (TPSA) is 35.5 Å². The van der Waals surface area contributed by atoms with Crippen molar-refractivity contribution in [3.05, 3.63) is 0 Å². The van der Waals surface area contributed by atoms with Crippen LogP contribution in [0.5, 0.6) is 0 Å². The molecule has 0 aromatic rings. The summed E-state index contributed by atoms with van der Waals surface area (Å²) in [4.78, 5) is 0. The van der Waals surface area contributed by atoms with Crippen LogP contribution in [0.25, 0.3) is 0 Å². The monoisotopic (exact) mass is 208 g/mol. The molecule has 0 aromatic heterocycles. The molecule has 0 bridgehead atoms.